The molecule has 2 aliphatic rings. The molecule has 3 heterocycles. The summed E-state index contributed by atoms with van der Waals surface area (Å²) in [7, 11) is 1.59. The molecule has 0 saturated heterocycles. The molecule has 166 valence electrons. The molecule has 33 heavy (non-hydrogen) atoms. The number of nitrogens with one attached hydrogen (secondary N) is 1. The van der Waals surface area contributed by atoms with Crippen LogP contribution >= 0.6 is 0 Å². The Morgan fingerprint density at radius 1 is 1.06 bits per heavy atom. The molecule has 0 fully saturated rings. The van der Waals surface area contributed by atoms with Crippen LogP contribution in [0.2, 0.25) is 0 Å². The van der Waals surface area contributed by atoms with Crippen molar-refractivity contribution in [2.24, 2.45) is 0 Å². The summed E-state index contributed by atoms with van der Waals surface area (Å²) >= 11 is 0. The number of aromatic nitrogens is 1. The first kappa shape index (κ1) is 19.8. The van der Waals surface area contributed by atoms with Gasteiger partial charge in [-0.1, -0.05) is 0 Å². The molecule has 1 unspecified atom stereocenters. The van der Waals surface area contributed by atoms with Crippen molar-refractivity contribution in [2.75, 3.05) is 7.11 Å². The molecule has 6 rings (SSSR count). The van der Waals surface area contributed by atoms with Crippen molar-refractivity contribution < 1.29 is 18.7 Å². The Morgan fingerprint density at radius 3 is 2.70 bits per heavy atom. The Balaban J connectivity index is 1.64. The van der Waals surface area contributed by atoms with Crippen LogP contribution in [-0.2, 0) is 17.6 Å². The zero-order chi connectivity index (χ0) is 22.9. The number of benzene rings is 2. The molecule has 4 aromatic rings. The lowest BCUT2D eigenvalue weighted by molar-refractivity contribution is -0.135. The largest absolute Gasteiger partial charge is 0.497 e. The molecule has 1 atom stereocenters. The first-order chi connectivity index (χ1) is 15.9. The van der Waals surface area contributed by atoms with E-state index in [0.29, 0.717) is 45.5 Å². The van der Waals surface area contributed by atoms with E-state index in [9.17, 15) is 14.4 Å². The lowest BCUT2D eigenvalue weighted by Crippen LogP contribution is -2.27. The van der Waals surface area contributed by atoms with E-state index in [0.717, 1.165) is 34.9 Å². The number of H-pyrrole nitrogens is 1. The highest BCUT2D eigenvalue weighted by Gasteiger charge is 2.35. The number of hydrogen-bond acceptors (Lipinski definition) is 6. The van der Waals surface area contributed by atoms with Gasteiger partial charge in [0.1, 0.15) is 17.1 Å². The van der Waals surface area contributed by atoms with Gasteiger partial charge in [-0.05, 0) is 67.6 Å². The fraction of sp³-hybridized carbons (Fsp3) is 0.269. The number of hydrogen-bond donors (Lipinski definition) is 1. The zero-order valence-corrected chi connectivity index (χ0v) is 18.2. The quantitative estimate of drug-likeness (QED) is 0.287. The molecule has 1 aliphatic heterocycles. The molecule has 1 aliphatic carbocycles. The number of carbonyl (C=O) groups is 1. The third-order valence-corrected chi connectivity index (χ3v) is 6.85. The van der Waals surface area contributed by atoms with Gasteiger partial charge < -0.3 is 18.9 Å². The summed E-state index contributed by atoms with van der Waals surface area (Å²) in [5.41, 5.74) is 4.17. The van der Waals surface area contributed by atoms with Crippen LogP contribution in [0, 0.1) is 6.92 Å². The summed E-state index contributed by atoms with van der Waals surface area (Å²) in [6, 6.07) is 9.08. The molecular weight excluding hydrogens is 422 g/mol. The van der Waals surface area contributed by atoms with Gasteiger partial charge in [0.2, 0.25) is 0 Å². The summed E-state index contributed by atoms with van der Waals surface area (Å²) in [5, 5.41) is 1.49. The molecule has 0 radical (unpaired) electrons. The Hall–Kier alpha value is -3.87. The molecule has 7 nitrogen and oxygen atoms in total. The van der Waals surface area contributed by atoms with Crippen molar-refractivity contribution in [2.45, 2.75) is 38.5 Å². The second-order valence-electron chi connectivity index (χ2n) is 8.75. The van der Waals surface area contributed by atoms with E-state index in [-0.39, 0.29) is 17.6 Å². The standard InChI is InChI=1S/C26H21NO6/c1-12-8-20-23(15-4-3-5-16(15)26(30)32-20)24-22(12)17(11-21(28)33-24)18-10-13-9-14(31-2)6-7-19(13)27-25(18)29/h6-10,17H,3-5,11H2,1-2H3,(H,27,29). The first-order valence-corrected chi connectivity index (χ1v) is 11.0. The smallest absolute Gasteiger partial charge is 0.339 e. The Morgan fingerprint density at radius 2 is 1.88 bits per heavy atom. The Labute approximate surface area is 187 Å². The van der Waals surface area contributed by atoms with E-state index in [1.165, 1.54) is 0 Å². The van der Waals surface area contributed by atoms with Crippen molar-refractivity contribution in [1.29, 1.82) is 0 Å². The predicted molar refractivity (Wildman–Crippen MR) is 122 cm³/mol. The molecular formula is C26H21NO6. The van der Waals surface area contributed by atoms with Gasteiger partial charge in [0.25, 0.3) is 5.56 Å². The van der Waals surface area contributed by atoms with Gasteiger partial charge in [0.05, 0.1) is 18.9 Å². The van der Waals surface area contributed by atoms with Gasteiger partial charge in [-0.2, -0.15) is 0 Å². The highest BCUT2D eigenvalue weighted by Crippen LogP contribution is 2.46. The topological polar surface area (TPSA) is 98.6 Å². The monoisotopic (exact) mass is 443 g/mol. The zero-order valence-electron chi connectivity index (χ0n) is 18.2. The number of aromatic amines is 1. The van der Waals surface area contributed by atoms with Crippen molar-refractivity contribution >= 4 is 27.8 Å². The molecule has 1 N–H and O–H groups in total. The highest BCUT2D eigenvalue weighted by molar-refractivity contribution is 5.95. The van der Waals surface area contributed by atoms with E-state index in [4.69, 9.17) is 13.9 Å². The minimum absolute atomic E-state index is 0.0525. The minimum atomic E-state index is -0.478. The summed E-state index contributed by atoms with van der Waals surface area (Å²) in [4.78, 5) is 41.3. The first-order valence-electron chi connectivity index (χ1n) is 11.0. The van der Waals surface area contributed by atoms with Crippen molar-refractivity contribution in [1.82, 2.24) is 4.98 Å². The fourth-order valence-electron chi connectivity index (χ4n) is 5.36. The number of methoxy groups -OCH3 is 1. The number of rotatable bonds is 2. The highest BCUT2D eigenvalue weighted by atomic mass is 16.5. The van der Waals surface area contributed by atoms with E-state index in [1.807, 2.05) is 25.1 Å². The second-order valence-corrected chi connectivity index (χ2v) is 8.75. The SMILES string of the molecule is COc1ccc2[nH]c(=O)c(C3CC(=O)Oc4c3c(C)cc3oc(=O)c5c(c43)CCC5)cc2c1. The maximum Gasteiger partial charge on any atom is 0.339 e. The Kier molecular flexibility index (Phi) is 4.24. The maximum atomic E-state index is 13.1. The molecule has 2 aromatic carbocycles. The average molecular weight is 443 g/mol. The summed E-state index contributed by atoms with van der Waals surface area (Å²) < 4.78 is 16.7. The van der Waals surface area contributed by atoms with E-state index >= 15 is 0 Å². The van der Waals surface area contributed by atoms with Crippen molar-refractivity contribution in [3.05, 3.63) is 78.9 Å². The summed E-state index contributed by atoms with van der Waals surface area (Å²) in [6.07, 6.45) is 2.29. The maximum absolute atomic E-state index is 13.1. The van der Waals surface area contributed by atoms with Crippen LogP contribution in [0.15, 0.2) is 44.3 Å². The van der Waals surface area contributed by atoms with Crippen molar-refractivity contribution in [3.63, 3.8) is 0 Å². The van der Waals surface area contributed by atoms with Crippen LogP contribution in [-0.4, -0.2) is 18.1 Å². The molecule has 2 aromatic heterocycles. The summed E-state index contributed by atoms with van der Waals surface area (Å²) in [5.74, 6) is 0.200. The lowest BCUT2D eigenvalue weighted by Gasteiger charge is -2.28. The van der Waals surface area contributed by atoms with E-state index in [1.54, 1.807) is 19.2 Å². The Bertz CT molecular complexity index is 1610. The van der Waals surface area contributed by atoms with Crippen LogP contribution in [0.1, 0.15) is 46.6 Å². The second kappa shape index (κ2) is 7.07. The van der Waals surface area contributed by atoms with E-state index in [2.05, 4.69) is 4.98 Å². The van der Waals surface area contributed by atoms with Crippen LogP contribution in [0.25, 0.3) is 21.9 Å². The van der Waals surface area contributed by atoms with Crippen LogP contribution < -0.4 is 20.7 Å². The van der Waals surface area contributed by atoms with Crippen LogP contribution in [0.5, 0.6) is 11.5 Å². The molecule has 0 spiro atoms. The molecule has 7 heteroatoms. The third-order valence-electron chi connectivity index (χ3n) is 6.85. The molecule has 0 saturated carbocycles. The number of fused-ring (bicyclic) bond motifs is 6. The number of ether oxygens (including phenoxy) is 2. The van der Waals surface area contributed by atoms with E-state index < -0.39 is 11.9 Å². The number of aryl methyl sites for hydroxylation is 2. The van der Waals surface area contributed by atoms with Gasteiger partial charge >= 0.3 is 11.6 Å². The number of pyridine rings is 1. The van der Waals surface area contributed by atoms with Gasteiger partial charge in [-0.15, -0.1) is 0 Å². The van der Waals surface area contributed by atoms with Crippen LogP contribution in [0.3, 0.4) is 0 Å². The van der Waals surface area contributed by atoms with Crippen molar-refractivity contribution in [3.8, 4) is 11.5 Å². The normalized spacial score (nSPS) is 17.2. The average Bonchev–Trinajstić information content (AvgIpc) is 3.28. The number of carbonyl (C=O) groups excluding carboxylic acids is 1. The van der Waals surface area contributed by atoms with Gasteiger partial charge in [-0.25, -0.2) is 4.79 Å². The third kappa shape index (κ3) is 2.92. The summed E-state index contributed by atoms with van der Waals surface area (Å²) in [6.45, 7) is 1.88. The van der Waals surface area contributed by atoms with Crippen LogP contribution in [0.4, 0.5) is 0 Å². The molecule has 0 bridgehead atoms. The molecule has 0 amide bonds. The lowest BCUT2D eigenvalue weighted by atomic mass is 9.82. The van der Waals surface area contributed by atoms with Gasteiger partial charge in [0, 0.05) is 33.5 Å². The number of esters is 1. The predicted octanol–water partition coefficient (Wildman–Crippen LogP) is 3.88. The minimum Gasteiger partial charge on any atom is -0.497 e. The van der Waals surface area contributed by atoms with Gasteiger partial charge in [0.15, 0.2) is 0 Å². The van der Waals surface area contributed by atoms with Gasteiger partial charge in [-0.3, -0.25) is 9.59 Å². The fourth-order valence-corrected chi connectivity index (χ4v) is 5.36.